The molecule has 7 heteroatoms. The quantitative estimate of drug-likeness (QED) is 0.853. The molecular weight excluding hydrogens is 299 g/mol. The third-order valence-corrected chi connectivity index (χ3v) is 5.83. The lowest BCUT2D eigenvalue weighted by molar-refractivity contribution is 0.398. The highest BCUT2D eigenvalue weighted by molar-refractivity contribution is 7.89. The van der Waals surface area contributed by atoms with E-state index in [0.29, 0.717) is 0 Å². The van der Waals surface area contributed by atoms with Crippen molar-refractivity contribution in [1.82, 2.24) is 9.29 Å². The zero-order valence-electron chi connectivity index (χ0n) is 10.6. The summed E-state index contributed by atoms with van der Waals surface area (Å²) in [4.78, 5) is 4.27. The minimum Gasteiger partial charge on any atom is -0.248 e. The van der Waals surface area contributed by atoms with Crippen LogP contribution in [0.2, 0.25) is 0 Å². The molecule has 0 spiro atoms. The first kappa shape index (κ1) is 13.7. The third kappa shape index (κ3) is 2.74. The minimum atomic E-state index is -3.60. The molecule has 1 fully saturated rings. The van der Waals surface area contributed by atoms with Crippen LogP contribution in [0, 0.1) is 5.82 Å². The smallest absolute Gasteiger partial charge is 0.243 e. The van der Waals surface area contributed by atoms with Gasteiger partial charge >= 0.3 is 0 Å². The summed E-state index contributed by atoms with van der Waals surface area (Å²) in [5.41, 5.74) is 0. The van der Waals surface area contributed by atoms with Gasteiger partial charge < -0.3 is 0 Å². The Balaban J connectivity index is 1.91. The predicted octanol–water partition coefficient (Wildman–Crippen LogP) is 2.64. The van der Waals surface area contributed by atoms with E-state index in [2.05, 4.69) is 4.98 Å². The largest absolute Gasteiger partial charge is 0.248 e. The molecule has 3 rings (SSSR count). The van der Waals surface area contributed by atoms with Gasteiger partial charge in [-0.3, -0.25) is 0 Å². The lowest BCUT2D eigenvalue weighted by Gasteiger charge is -2.20. The Morgan fingerprint density at radius 1 is 1.30 bits per heavy atom. The molecule has 20 heavy (non-hydrogen) atoms. The van der Waals surface area contributed by atoms with Gasteiger partial charge in [0.2, 0.25) is 10.0 Å². The SMILES string of the molecule is O=S(=O)(c1ccc(F)cc1)N(Cc1nccs1)C1CC1. The highest BCUT2D eigenvalue weighted by Gasteiger charge is 2.38. The molecule has 1 aliphatic carbocycles. The minimum absolute atomic E-state index is 0.0361. The zero-order valence-corrected chi connectivity index (χ0v) is 12.2. The molecule has 0 unspecified atom stereocenters. The average Bonchev–Trinajstić information content (AvgIpc) is 3.12. The van der Waals surface area contributed by atoms with Crippen molar-refractivity contribution in [2.75, 3.05) is 0 Å². The first-order valence-corrected chi connectivity index (χ1v) is 8.55. The molecule has 0 aliphatic heterocycles. The number of benzene rings is 1. The zero-order chi connectivity index (χ0) is 14.2. The normalized spacial score (nSPS) is 15.7. The topological polar surface area (TPSA) is 50.3 Å². The maximum Gasteiger partial charge on any atom is 0.243 e. The molecule has 1 aliphatic rings. The van der Waals surface area contributed by atoms with E-state index in [-0.39, 0.29) is 17.5 Å². The molecule has 1 saturated carbocycles. The molecule has 0 radical (unpaired) electrons. The number of hydrogen-bond donors (Lipinski definition) is 0. The van der Waals surface area contributed by atoms with E-state index in [1.807, 2.05) is 5.38 Å². The summed E-state index contributed by atoms with van der Waals surface area (Å²) in [7, 11) is -3.60. The summed E-state index contributed by atoms with van der Waals surface area (Å²) in [5.74, 6) is -0.443. The van der Waals surface area contributed by atoms with Crippen LogP contribution in [0.15, 0.2) is 40.7 Å². The van der Waals surface area contributed by atoms with Crippen LogP contribution < -0.4 is 0 Å². The second-order valence-electron chi connectivity index (χ2n) is 4.66. The van der Waals surface area contributed by atoms with Crippen LogP contribution in [0.5, 0.6) is 0 Å². The van der Waals surface area contributed by atoms with Crippen LogP contribution in [0.25, 0.3) is 0 Å². The Hall–Kier alpha value is -1.31. The van der Waals surface area contributed by atoms with Gasteiger partial charge in [0, 0.05) is 17.6 Å². The number of halogens is 1. The second-order valence-corrected chi connectivity index (χ2v) is 7.53. The summed E-state index contributed by atoms with van der Waals surface area (Å²) in [6.45, 7) is 0.280. The molecule has 1 aromatic carbocycles. The molecule has 0 bridgehead atoms. The summed E-state index contributed by atoms with van der Waals surface area (Å²) in [6.07, 6.45) is 3.40. The van der Waals surface area contributed by atoms with Crippen molar-refractivity contribution in [2.45, 2.75) is 30.3 Å². The van der Waals surface area contributed by atoms with Gasteiger partial charge in [0.05, 0.1) is 11.4 Å². The van der Waals surface area contributed by atoms with Gasteiger partial charge in [-0.2, -0.15) is 4.31 Å². The lowest BCUT2D eigenvalue weighted by Crippen LogP contribution is -2.32. The Bertz CT molecular complexity index is 680. The Morgan fingerprint density at radius 2 is 2.00 bits per heavy atom. The number of nitrogens with zero attached hydrogens (tertiary/aromatic N) is 2. The van der Waals surface area contributed by atoms with Gasteiger partial charge in [0.25, 0.3) is 0 Å². The van der Waals surface area contributed by atoms with Crippen molar-refractivity contribution in [1.29, 1.82) is 0 Å². The lowest BCUT2D eigenvalue weighted by atomic mass is 10.4. The van der Waals surface area contributed by atoms with E-state index in [0.717, 1.165) is 17.8 Å². The maximum atomic E-state index is 12.9. The molecule has 1 heterocycles. The predicted molar refractivity (Wildman–Crippen MR) is 74.3 cm³/mol. The Labute approximate surface area is 120 Å². The van der Waals surface area contributed by atoms with Crippen LogP contribution in [-0.2, 0) is 16.6 Å². The van der Waals surface area contributed by atoms with E-state index in [9.17, 15) is 12.8 Å². The van der Waals surface area contributed by atoms with Crippen LogP contribution in [0.4, 0.5) is 4.39 Å². The van der Waals surface area contributed by atoms with E-state index in [4.69, 9.17) is 0 Å². The standard InChI is InChI=1S/C13H13FN2O2S2/c14-10-1-5-12(6-2-10)20(17,18)16(11-3-4-11)9-13-15-7-8-19-13/h1-2,5-8,11H,3-4,9H2. The third-order valence-electron chi connectivity index (χ3n) is 3.15. The number of aromatic nitrogens is 1. The van der Waals surface area contributed by atoms with Crippen molar-refractivity contribution < 1.29 is 12.8 Å². The summed E-state index contributed by atoms with van der Waals surface area (Å²) in [5, 5.41) is 2.59. The molecule has 106 valence electrons. The van der Waals surface area contributed by atoms with Gasteiger partial charge in [-0.1, -0.05) is 0 Å². The maximum absolute atomic E-state index is 12.9. The number of rotatable bonds is 5. The van der Waals surface area contributed by atoms with Gasteiger partial charge in [-0.05, 0) is 37.1 Å². The van der Waals surface area contributed by atoms with E-state index < -0.39 is 15.8 Å². The monoisotopic (exact) mass is 312 g/mol. The number of hydrogen-bond acceptors (Lipinski definition) is 4. The van der Waals surface area contributed by atoms with Crippen molar-refractivity contribution >= 4 is 21.4 Å². The second kappa shape index (κ2) is 5.23. The molecule has 4 nitrogen and oxygen atoms in total. The average molecular weight is 312 g/mol. The highest BCUT2D eigenvalue weighted by atomic mass is 32.2. The summed E-state index contributed by atoms with van der Waals surface area (Å²) < 4.78 is 39.7. The van der Waals surface area contributed by atoms with Gasteiger partial charge in [-0.15, -0.1) is 11.3 Å². The summed E-state index contributed by atoms with van der Waals surface area (Å²) in [6, 6.07) is 4.99. The van der Waals surface area contributed by atoms with E-state index in [1.165, 1.54) is 39.9 Å². The molecule has 0 N–H and O–H groups in total. The van der Waals surface area contributed by atoms with E-state index >= 15 is 0 Å². The molecule has 0 saturated heterocycles. The summed E-state index contributed by atoms with van der Waals surface area (Å²) >= 11 is 1.43. The molecule has 2 aromatic rings. The van der Waals surface area contributed by atoms with Crippen LogP contribution in [0.3, 0.4) is 0 Å². The van der Waals surface area contributed by atoms with Crippen molar-refractivity contribution in [2.24, 2.45) is 0 Å². The Morgan fingerprint density at radius 3 is 2.55 bits per heavy atom. The van der Waals surface area contributed by atoms with Crippen molar-refractivity contribution in [3.8, 4) is 0 Å². The molecule has 0 amide bonds. The number of sulfonamides is 1. The fraction of sp³-hybridized carbons (Fsp3) is 0.308. The van der Waals surface area contributed by atoms with E-state index in [1.54, 1.807) is 6.20 Å². The molecular formula is C13H13FN2O2S2. The fourth-order valence-electron chi connectivity index (χ4n) is 1.98. The number of thiazole rings is 1. The van der Waals surface area contributed by atoms with Crippen LogP contribution in [0.1, 0.15) is 17.8 Å². The van der Waals surface area contributed by atoms with Crippen LogP contribution in [-0.4, -0.2) is 23.7 Å². The fourth-order valence-corrected chi connectivity index (χ4v) is 4.32. The molecule has 0 atom stereocenters. The van der Waals surface area contributed by atoms with Gasteiger partial charge in [0.1, 0.15) is 10.8 Å². The van der Waals surface area contributed by atoms with Gasteiger partial charge in [-0.25, -0.2) is 17.8 Å². The van der Waals surface area contributed by atoms with Gasteiger partial charge in [0.15, 0.2) is 0 Å². The highest BCUT2D eigenvalue weighted by Crippen LogP contribution is 2.33. The molecule has 1 aromatic heterocycles. The van der Waals surface area contributed by atoms with Crippen LogP contribution >= 0.6 is 11.3 Å². The first-order chi connectivity index (χ1) is 9.57. The van der Waals surface area contributed by atoms with Crippen molar-refractivity contribution in [3.05, 3.63) is 46.7 Å². The first-order valence-electron chi connectivity index (χ1n) is 6.23. The Kier molecular flexibility index (Phi) is 3.57. The van der Waals surface area contributed by atoms with Crippen molar-refractivity contribution in [3.63, 3.8) is 0 Å².